The normalized spacial score (nSPS) is 19.7. The molecule has 1 aromatic rings. The molecule has 1 aromatic carbocycles. The minimum absolute atomic E-state index is 1.11. The van der Waals surface area contributed by atoms with E-state index in [9.17, 15) is 0 Å². The van der Waals surface area contributed by atoms with E-state index < -0.39 is 11.2 Å². The van der Waals surface area contributed by atoms with Crippen LogP contribution in [0.2, 0.25) is 27.6 Å². The van der Waals surface area contributed by atoms with E-state index in [1.165, 1.54) is 5.56 Å². The molecule has 0 saturated carbocycles. The molecule has 2 rings (SSSR count). The number of hydrogen-bond acceptors (Lipinski definition) is 0. The maximum absolute atomic E-state index is 3.76. The summed E-state index contributed by atoms with van der Waals surface area (Å²) in [6.45, 7) is 6.94. The summed E-state index contributed by atoms with van der Waals surface area (Å²) in [5.74, 6) is 0. The first-order chi connectivity index (χ1) is 10.3. The summed E-state index contributed by atoms with van der Waals surface area (Å²) in [4.78, 5) is 0. The van der Waals surface area contributed by atoms with Crippen molar-refractivity contribution < 1.29 is 11.2 Å². The predicted octanol–water partition coefficient (Wildman–Crippen LogP) is 6.84. The second-order valence-corrected chi connectivity index (χ2v) is 36.4. The molecule has 1 aliphatic rings. The molecule has 0 fully saturated rings. The zero-order valence-corrected chi connectivity index (χ0v) is 18.2. The van der Waals surface area contributed by atoms with E-state index in [1.54, 1.807) is 19.5 Å². The summed E-state index contributed by atoms with van der Waals surface area (Å²) in [5, 5.41) is 0. The van der Waals surface area contributed by atoms with Gasteiger partial charge in [0.25, 0.3) is 0 Å². The molecule has 0 heterocycles. The fourth-order valence-corrected chi connectivity index (χ4v) is 13.1. The third-order valence-corrected chi connectivity index (χ3v) is 17.4. The Morgan fingerprint density at radius 1 is 0.826 bits per heavy atom. The Labute approximate surface area is 140 Å². The van der Waals surface area contributed by atoms with Gasteiger partial charge in [-0.05, 0) is 0 Å². The van der Waals surface area contributed by atoms with Crippen molar-refractivity contribution in [3.05, 3.63) is 51.2 Å². The van der Waals surface area contributed by atoms with Crippen LogP contribution < -0.4 is 4.16 Å². The zero-order valence-electron chi connectivity index (χ0n) is 16.5. The number of rotatable bonds is 5. The van der Waals surface area contributed by atoms with Crippen LogP contribution in [0.25, 0.3) is 0 Å². The SMILES string of the molecule is CCc1cc[c]([Rh]([CH3])([CH3])([CH3])([CH3])([CH3])[C]2=CC=CC2)c(CC)c1CC. The Morgan fingerprint density at radius 2 is 1.43 bits per heavy atom. The van der Waals surface area contributed by atoms with Crippen molar-refractivity contribution in [2.45, 2.75) is 74.0 Å². The van der Waals surface area contributed by atoms with E-state index in [2.05, 4.69) is 78.7 Å². The summed E-state index contributed by atoms with van der Waals surface area (Å²) >= 11 is -3.76. The molecule has 1 aliphatic carbocycles. The maximum atomic E-state index is 2.61. The molecule has 0 aromatic heterocycles. The van der Waals surface area contributed by atoms with Crippen LogP contribution in [0.4, 0.5) is 0 Å². The summed E-state index contributed by atoms with van der Waals surface area (Å²) in [7, 11) is 0. The van der Waals surface area contributed by atoms with Gasteiger partial charge in [0.15, 0.2) is 0 Å². The number of hydrogen-bond donors (Lipinski definition) is 0. The summed E-state index contributed by atoms with van der Waals surface area (Å²) in [5.41, 5.74) is 17.8. The average Bonchev–Trinajstić information content (AvgIpc) is 3.00. The fourth-order valence-electron chi connectivity index (χ4n) is 3.91. The molecule has 0 atom stereocenters. The van der Waals surface area contributed by atoms with Crippen LogP contribution >= 0.6 is 0 Å². The predicted molar refractivity (Wildman–Crippen MR) is 105 cm³/mol. The quantitative estimate of drug-likeness (QED) is 0.471. The van der Waals surface area contributed by atoms with E-state index in [1.807, 2.05) is 0 Å². The number of allylic oxidation sites excluding steroid dienone is 4. The van der Waals surface area contributed by atoms with Gasteiger partial charge in [-0.2, -0.15) is 0 Å². The number of aryl methyl sites for hydroxylation is 1. The van der Waals surface area contributed by atoms with Gasteiger partial charge in [0, 0.05) is 0 Å². The minimum atomic E-state index is -3.76. The molecule has 23 heavy (non-hydrogen) atoms. The first-order valence-corrected chi connectivity index (χ1v) is 18.4. The topological polar surface area (TPSA) is 0 Å². The Bertz CT molecular complexity index is 714. The van der Waals surface area contributed by atoms with Gasteiger partial charge in [0.05, 0.1) is 0 Å². The average molecular weight is 404 g/mol. The van der Waals surface area contributed by atoms with Crippen LogP contribution in [0.3, 0.4) is 0 Å². The standard InChI is InChI=1S/C12H17.C5H5.5CH3.Rh/c1-4-10-8-7-9-11(5-2)12(10)6-3;1-2-4-5-3-1;;;;;;/h7-8H,4-6H2,1-3H3;1-3H,4H2;5*1H3;. The molecule has 134 valence electrons. The zero-order chi connectivity index (χ0) is 17.6. The monoisotopic (exact) mass is 404 g/mol. The van der Waals surface area contributed by atoms with Crippen molar-refractivity contribution in [2.75, 3.05) is 0 Å². The van der Waals surface area contributed by atoms with E-state index in [-0.39, 0.29) is 0 Å². The van der Waals surface area contributed by atoms with Crippen LogP contribution in [0, 0.1) is 0 Å². The fraction of sp³-hybridized carbons (Fsp3) is 0.545. The molecule has 0 nitrogen and oxygen atoms in total. The third-order valence-electron chi connectivity index (χ3n) is 5.41. The van der Waals surface area contributed by atoms with Gasteiger partial charge in [-0.1, -0.05) is 0 Å². The molecule has 0 saturated heterocycles. The molecule has 1 heteroatoms. The Hall–Kier alpha value is -0.677. The van der Waals surface area contributed by atoms with E-state index >= 15 is 0 Å². The Morgan fingerprint density at radius 3 is 1.87 bits per heavy atom. The van der Waals surface area contributed by atoms with Crippen molar-refractivity contribution >= 4 is 4.16 Å². The number of benzene rings is 1. The van der Waals surface area contributed by atoms with Gasteiger partial charge in [0.1, 0.15) is 0 Å². The van der Waals surface area contributed by atoms with Gasteiger partial charge < -0.3 is 0 Å². The van der Waals surface area contributed by atoms with E-state index in [0.717, 1.165) is 25.7 Å². The molecule has 0 bridgehead atoms. The Kier molecular flexibility index (Phi) is 3.64. The van der Waals surface area contributed by atoms with E-state index in [4.69, 9.17) is 0 Å². The summed E-state index contributed by atoms with van der Waals surface area (Å²) in [6, 6.07) is 4.90. The summed E-state index contributed by atoms with van der Waals surface area (Å²) < 4.78 is 3.30. The van der Waals surface area contributed by atoms with Crippen LogP contribution in [-0.4, -0.2) is 0 Å². The molecular weight excluding hydrogens is 367 g/mol. The van der Waals surface area contributed by atoms with Gasteiger partial charge in [-0.25, -0.2) is 0 Å². The molecular formula is C22H37Rh. The molecule has 0 spiro atoms. The first kappa shape index (κ1) is 18.7. The van der Waals surface area contributed by atoms with Gasteiger partial charge >= 0.3 is 141 Å². The van der Waals surface area contributed by atoms with Gasteiger partial charge in [0.2, 0.25) is 0 Å². The van der Waals surface area contributed by atoms with Crippen LogP contribution in [0.15, 0.2) is 34.5 Å². The van der Waals surface area contributed by atoms with Gasteiger partial charge in [-0.15, -0.1) is 0 Å². The molecule has 0 radical (unpaired) electrons. The van der Waals surface area contributed by atoms with Crippen molar-refractivity contribution in [1.29, 1.82) is 0 Å². The van der Waals surface area contributed by atoms with Gasteiger partial charge in [-0.3, -0.25) is 0 Å². The molecule has 0 aliphatic heterocycles. The Balaban J connectivity index is 2.95. The third kappa shape index (κ3) is 2.80. The second-order valence-electron chi connectivity index (χ2n) is 9.50. The first-order valence-electron chi connectivity index (χ1n) is 8.56. The second kappa shape index (κ2) is 4.48. The van der Waals surface area contributed by atoms with Crippen LogP contribution in [-0.2, 0) is 30.5 Å². The van der Waals surface area contributed by atoms with Crippen LogP contribution in [0.5, 0.6) is 0 Å². The van der Waals surface area contributed by atoms with Crippen molar-refractivity contribution in [3.8, 4) is 0 Å². The van der Waals surface area contributed by atoms with Crippen LogP contribution in [0.1, 0.15) is 43.9 Å². The molecule has 0 unspecified atom stereocenters. The molecule has 0 N–H and O–H groups in total. The van der Waals surface area contributed by atoms with Crippen molar-refractivity contribution in [1.82, 2.24) is 0 Å². The van der Waals surface area contributed by atoms with E-state index in [0.29, 0.717) is 0 Å². The van der Waals surface area contributed by atoms with Crippen molar-refractivity contribution in [2.24, 2.45) is 0 Å². The summed E-state index contributed by atoms with van der Waals surface area (Å²) in [6.07, 6.45) is 11.5. The van der Waals surface area contributed by atoms with Crippen molar-refractivity contribution in [3.63, 3.8) is 0 Å². The molecule has 0 amide bonds.